The molecule has 5 rings (SSSR count). The summed E-state index contributed by atoms with van der Waals surface area (Å²) in [5.41, 5.74) is 2.27. The minimum atomic E-state index is -1.37. The van der Waals surface area contributed by atoms with Crippen molar-refractivity contribution in [2.75, 3.05) is 11.9 Å². The third kappa shape index (κ3) is 3.77. The average molecular weight is 460 g/mol. The van der Waals surface area contributed by atoms with Crippen LogP contribution in [0.2, 0.25) is 0 Å². The first-order valence-electron chi connectivity index (χ1n) is 10.9. The van der Waals surface area contributed by atoms with E-state index in [-0.39, 0.29) is 18.1 Å². The highest BCUT2D eigenvalue weighted by atomic mass is 19.1. The van der Waals surface area contributed by atoms with Crippen molar-refractivity contribution in [1.29, 1.82) is 0 Å². The zero-order chi connectivity index (χ0) is 23.9. The molecule has 1 saturated carbocycles. The molecule has 1 fully saturated rings. The smallest absolute Gasteiger partial charge is 0.408 e. The summed E-state index contributed by atoms with van der Waals surface area (Å²) in [6.07, 6.45) is -0.0961. The summed E-state index contributed by atoms with van der Waals surface area (Å²) >= 11 is 0. The molecule has 0 radical (unpaired) electrons. The Labute approximate surface area is 194 Å². The van der Waals surface area contributed by atoms with E-state index in [9.17, 15) is 23.9 Å². The van der Waals surface area contributed by atoms with Crippen LogP contribution < -0.4 is 10.6 Å². The predicted molar refractivity (Wildman–Crippen MR) is 122 cm³/mol. The van der Waals surface area contributed by atoms with Gasteiger partial charge < -0.3 is 20.5 Å². The summed E-state index contributed by atoms with van der Waals surface area (Å²) in [6.45, 7) is 0.0913. The number of rotatable bonds is 6. The lowest BCUT2D eigenvalue weighted by atomic mass is 9.98. The number of amides is 2. The Kier molecular flexibility index (Phi) is 5.28. The van der Waals surface area contributed by atoms with Crippen molar-refractivity contribution in [2.24, 2.45) is 0 Å². The van der Waals surface area contributed by atoms with E-state index in [1.54, 1.807) is 0 Å². The summed E-state index contributed by atoms with van der Waals surface area (Å²) in [7, 11) is 0. The van der Waals surface area contributed by atoms with Gasteiger partial charge in [0.25, 0.3) is 0 Å². The molecule has 3 aromatic carbocycles. The second-order valence-corrected chi connectivity index (χ2v) is 8.45. The van der Waals surface area contributed by atoms with E-state index in [1.807, 2.05) is 48.5 Å². The van der Waals surface area contributed by atoms with Crippen molar-refractivity contribution in [2.45, 2.75) is 24.3 Å². The van der Waals surface area contributed by atoms with Gasteiger partial charge in [-0.1, -0.05) is 54.6 Å². The van der Waals surface area contributed by atoms with E-state index < -0.39 is 35.0 Å². The van der Waals surface area contributed by atoms with Crippen LogP contribution in [0.15, 0.2) is 66.7 Å². The van der Waals surface area contributed by atoms with E-state index in [0.717, 1.165) is 28.3 Å². The predicted octanol–water partition coefficient (Wildman–Crippen LogP) is 4.53. The molecule has 0 saturated heterocycles. The Morgan fingerprint density at radius 2 is 1.56 bits per heavy atom. The molecule has 8 heteroatoms. The maximum Gasteiger partial charge on any atom is 0.408 e. The first-order valence-corrected chi connectivity index (χ1v) is 10.9. The van der Waals surface area contributed by atoms with E-state index in [4.69, 9.17) is 4.74 Å². The van der Waals surface area contributed by atoms with Gasteiger partial charge in [0.05, 0.1) is 11.3 Å². The van der Waals surface area contributed by atoms with Gasteiger partial charge in [0.15, 0.2) is 0 Å². The molecule has 2 amide bonds. The van der Waals surface area contributed by atoms with Crippen LogP contribution >= 0.6 is 0 Å². The summed E-state index contributed by atoms with van der Waals surface area (Å²) in [5.74, 6) is -3.05. The van der Waals surface area contributed by atoms with Gasteiger partial charge in [-0.3, -0.25) is 4.79 Å². The number of alkyl carbamates (subject to hydrolysis) is 1. The monoisotopic (exact) mass is 460 g/mol. The number of carboxylic acids is 1. The summed E-state index contributed by atoms with van der Waals surface area (Å²) < 4.78 is 19.7. The zero-order valence-electron chi connectivity index (χ0n) is 18.0. The van der Waals surface area contributed by atoms with Crippen LogP contribution in [0.4, 0.5) is 14.9 Å². The number of fused-ring (bicyclic) bond motifs is 3. The van der Waals surface area contributed by atoms with Gasteiger partial charge in [-0.15, -0.1) is 0 Å². The van der Waals surface area contributed by atoms with Crippen LogP contribution in [0.25, 0.3) is 11.1 Å². The van der Waals surface area contributed by atoms with Crippen LogP contribution in [0.3, 0.4) is 0 Å². The molecule has 0 heterocycles. The van der Waals surface area contributed by atoms with Crippen molar-refractivity contribution in [3.05, 3.63) is 89.2 Å². The number of halogens is 1. The van der Waals surface area contributed by atoms with Crippen LogP contribution in [-0.2, 0) is 9.53 Å². The Morgan fingerprint density at radius 3 is 2.15 bits per heavy atom. The standard InChI is InChI=1S/C26H21FN2O5/c27-21-11-5-10-19(23(30)31)22(21)28-24(32)26(12-13-26)29-25(33)34-14-20-17-8-3-1-6-15(17)16-7-2-4-9-18(16)20/h1-11,20H,12-14H2,(H,28,32)(H,29,33)(H,30,31). The summed E-state index contributed by atoms with van der Waals surface area (Å²) in [6, 6.07) is 19.4. The fraction of sp³-hybridized carbons (Fsp3) is 0.192. The lowest BCUT2D eigenvalue weighted by molar-refractivity contribution is -0.119. The number of hydrogen-bond donors (Lipinski definition) is 3. The quantitative estimate of drug-likeness (QED) is 0.501. The molecule has 0 atom stereocenters. The number of benzene rings is 3. The van der Waals surface area contributed by atoms with E-state index in [2.05, 4.69) is 10.6 Å². The Balaban J connectivity index is 1.26. The van der Waals surface area contributed by atoms with Crippen molar-refractivity contribution in [1.82, 2.24) is 5.32 Å². The second-order valence-electron chi connectivity index (χ2n) is 8.45. The molecule has 0 aliphatic heterocycles. The molecule has 2 aliphatic carbocycles. The molecule has 34 heavy (non-hydrogen) atoms. The number of carboxylic acid groups (broad SMARTS) is 1. The minimum Gasteiger partial charge on any atom is -0.478 e. The third-order valence-electron chi connectivity index (χ3n) is 6.35. The fourth-order valence-electron chi connectivity index (χ4n) is 4.43. The van der Waals surface area contributed by atoms with Crippen molar-refractivity contribution in [3.8, 4) is 11.1 Å². The number of carbonyl (C=O) groups is 3. The maximum atomic E-state index is 14.2. The SMILES string of the molecule is O=C(NC1(C(=O)Nc2c(F)cccc2C(=O)O)CC1)OCC1c2ccccc2-c2ccccc21. The molecule has 0 bridgehead atoms. The summed E-state index contributed by atoms with van der Waals surface area (Å²) in [4.78, 5) is 36.8. The fourth-order valence-corrected chi connectivity index (χ4v) is 4.43. The minimum absolute atomic E-state index is 0.0913. The number of aromatic carboxylic acids is 1. The van der Waals surface area contributed by atoms with Crippen LogP contribution in [0, 0.1) is 5.82 Å². The second kappa shape index (κ2) is 8.30. The Morgan fingerprint density at radius 1 is 0.941 bits per heavy atom. The van der Waals surface area contributed by atoms with Crippen molar-refractivity contribution < 1.29 is 28.6 Å². The molecule has 3 aromatic rings. The molecule has 2 aliphatic rings. The van der Waals surface area contributed by atoms with Crippen LogP contribution in [0.5, 0.6) is 0 Å². The molecule has 0 unspecified atom stereocenters. The number of nitrogens with one attached hydrogen (secondary N) is 2. The van der Waals surface area contributed by atoms with Gasteiger partial charge in [0.2, 0.25) is 5.91 Å². The molecule has 7 nitrogen and oxygen atoms in total. The topological polar surface area (TPSA) is 105 Å². The zero-order valence-corrected chi connectivity index (χ0v) is 18.0. The molecule has 172 valence electrons. The normalized spacial score (nSPS) is 15.1. The van der Waals surface area contributed by atoms with Gasteiger partial charge in [-0.2, -0.15) is 0 Å². The first-order chi connectivity index (χ1) is 16.4. The van der Waals surface area contributed by atoms with Gasteiger partial charge in [-0.25, -0.2) is 14.0 Å². The number of hydrogen-bond acceptors (Lipinski definition) is 4. The first kappa shape index (κ1) is 21.6. The Bertz CT molecular complexity index is 1270. The highest BCUT2D eigenvalue weighted by Crippen LogP contribution is 2.44. The number of anilines is 1. The average Bonchev–Trinajstić information content (AvgIpc) is 3.54. The number of ether oxygens (including phenoxy) is 1. The van der Waals surface area contributed by atoms with Crippen molar-refractivity contribution >= 4 is 23.7 Å². The highest BCUT2D eigenvalue weighted by molar-refractivity contribution is 6.06. The van der Waals surface area contributed by atoms with Crippen LogP contribution in [0.1, 0.15) is 40.2 Å². The van der Waals surface area contributed by atoms with Gasteiger partial charge in [0.1, 0.15) is 18.0 Å². The third-order valence-corrected chi connectivity index (χ3v) is 6.35. The highest BCUT2D eigenvalue weighted by Gasteiger charge is 2.52. The van der Waals surface area contributed by atoms with E-state index in [1.165, 1.54) is 12.1 Å². The lowest BCUT2D eigenvalue weighted by Crippen LogP contribution is -2.46. The molecular weight excluding hydrogens is 439 g/mol. The Hall–Kier alpha value is -4.20. The lowest BCUT2D eigenvalue weighted by Gasteiger charge is -2.19. The number of para-hydroxylation sites is 1. The van der Waals surface area contributed by atoms with E-state index in [0.29, 0.717) is 12.8 Å². The molecule has 0 aromatic heterocycles. The molecule has 0 spiro atoms. The van der Waals surface area contributed by atoms with Crippen LogP contribution in [-0.4, -0.2) is 35.2 Å². The largest absolute Gasteiger partial charge is 0.478 e. The summed E-state index contributed by atoms with van der Waals surface area (Å²) in [5, 5.41) is 14.2. The van der Waals surface area contributed by atoms with Gasteiger partial charge in [-0.05, 0) is 47.2 Å². The van der Waals surface area contributed by atoms with Crippen molar-refractivity contribution in [3.63, 3.8) is 0 Å². The van der Waals surface area contributed by atoms with Gasteiger partial charge >= 0.3 is 12.1 Å². The molecule has 3 N–H and O–H groups in total. The maximum absolute atomic E-state index is 14.2. The molecular formula is C26H21FN2O5. The number of carbonyl (C=O) groups excluding carboxylic acids is 2. The van der Waals surface area contributed by atoms with E-state index >= 15 is 0 Å². The van der Waals surface area contributed by atoms with Gasteiger partial charge in [0, 0.05) is 5.92 Å².